The van der Waals surface area contributed by atoms with E-state index in [1.165, 1.54) is 6.07 Å². The summed E-state index contributed by atoms with van der Waals surface area (Å²) in [5, 5.41) is 0.968. The second kappa shape index (κ2) is 5.47. The summed E-state index contributed by atoms with van der Waals surface area (Å²) in [5.41, 5.74) is 0.883. The van der Waals surface area contributed by atoms with Crippen LogP contribution in [0.5, 0.6) is 0 Å². The van der Waals surface area contributed by atoms with Gasteiger partial charge in [-0.25, -0.2) is 4.39 Å². The molecule has 0 saturated carbocycles. The summed E-state index contributed by atoms with van der Waals surface area (Å²) in [6.45, 7) is -0.578. The Morgan fingerprint density at radius 2 is 2.21 bits per heavy atom. The molecule has 0 aliphatic rings. The SMILES string of the molecule is O=C(CCBr)c1cc(CF)ccc1Cl. The van der Waals surface area contributed by atoms with Gasteiger partial charge in [-0.15, -0.1) is 0 Å². The zero-order valence-corrected chi connectivity index (χ0v) is 9.74. The Balaban J connectivity index is 2.99. The molecule has 4 heteroatoms. The van der Waals surface area contributed by atoms with Gasteiger partial charge in [-0.3, -0.25) is 4.79 Å². The van der Waals surface area contributed by atoms with Crippen LogP contribution in [0.3, 0.4) is 0 Å². The number of benzene rings is 1. The molecular weight excluding hydrogens is 270 g/mol. The number of hydrogen-bond acceptors (Lipinski definition) is 1. The molecule has 0 N–H and O–H groups in total. The first-order chi connectivity index (χ1) is 6.69. The molecule has 0 radical (unpaired) electrons. The molecule has 0 fully saturated rings. The number of halogens is 3. The summed E-state index contributed by atoms with van der Waals surface area (Å²) in [7, 11) is 0. The lowest BCUT2D eigenvalue weighted by Gasteiger charge is -2.03. The average molecular weight is 280 g/mol. The van der Waals surface area contributed by atoms with Gasteiger partial charge in [0.15, 0.2) is 5.78 Å². The first kappa shape index (κ1) is 11.7. The maximum Gasteiger partial charge on any atom is 0.165 e. The molecule has 14 heavy (non-hydrogen) atoms. The molecule has 1 aromatic carbocycles. The number of hydrogen-bond donors (Lipinski definition) is 0. The number of ketones is 1. The molecule has 1 rings (SSSR count). The van der Waals surface area contributed by atoms with E-state index in [2.05, 4.69) is 15.9 Å². The van der Waals surface area contributed by atoms with E-state index in [9.17, 15) is 9.18 Å². The van der Waals surface area contributed by atoms with Crippen LogP contribution in [0.2, 0.25) is 5.02 Å². The number of carbonyl (C=O) groups excluding carboxylic acids is 1. The van der Waals surface area contributed by atoms with Gasteiger partial charge in [0.05, 0.1) is 5.02 Å². The second-order valence-electron chi connectivity index (χ2n) is 2.81. The van der Waals surface area contributed by atoms with Crippen LogP contribution < -0.4 is 0 Å². The lowest BCUT2D eigenvalue weighted by atomic mass is 10.1. The first-order valence-electron chi connectivity index (χ1n) is 4.12. The lowest BCUT2D eigenvalue weighted by Crippen LogP contribution is -2.01. The van der Waals surface area contributed by atoms with Crippen molar-refractivity contribution in [1.82, 2.24) is 0 Å². The van der Waals surface area contributed by atoms with Crippen molar-refractivity contribution in [2.24, 2.45) is 0 Å². The third-order valence-corrected chi connectivity index (χ3v) is 2.53. The third kappa shape index (κ3) is 2.79. The van der Waals surface area contributed by atoms with Crippen LogP contribution in [0.25, 0.3) is 0 Å². The number of alkyl halides is 2. The van der Waals surface area contributed by atoms with Crippen molar-refractivity contribution in [3.05, 3.63) is 34.3 Å². The number of carbonyl (C=O) groups is 1. The lowest BCUT2D eigenvalue weighted by molar-refractivity contribution is 0.0990. The predicted octanol–water partition coefficient (Wildman–Crippen LogP) is 3.78. The van der Waals surface area contributed by atoms with Gasteiger partial charge in [0.25, 0.3) is 0 Å². The molecule has 0 amide bonds. The van der Waals surface area contributed by atoms with E-state index >= 15 is 0 Å². The average Bonchev–Trinajstić information content (AvgIpc) is 2.19. The summed E-state index contributed by atoms with van der Waals surface area (Å²) >= 11 is 8.99. The van der Waals surface area contributed by atoms with Crippen LogP contribution in [-0.4, -0.2) is 11.1 Å². The van der Waals surface area contributed by atoms with E-state index in [0.717, 1.165) is 0 Å². The van der Waals surface area contributed by atoms with Crippen LogP contribution in [0.1, 0.15) is 22.3 Å². The quantitative estimate of drug-likeness (QED) is 0.605. The fraction of sp³-hybridized carbons (Fsp3) is 0.300. The highest BCUT2D eigenvalue weighted by Crippen LogP contribution is 2.20. The monoisotopic (exact) mass is 278 g/mol. The zero-order chi connectivity index (χ0) is 10.6. The molecule has 0 saturated heterocycles. The van der Waals surface area contributed by atoms with Crippen molar-refractivity contribution in [3.63, 3.8) is 0 Å². The van der Waals surface area contributed by atoms with Crippen molar-refractivity contribution in [1.29, 1.82) is 0 Å². The number of rotatable bonds is 4. The highest BCUT2D eigenvalue weighted by Gasteiger charge is 2.10. The van der Waals surface area contributed by atoms with Crippen LogP contribution >= 0.6 is 27.5 Å². The molecule has 0 heterocycles. The Morgan fingerprint density at radius 3 is 2.79 bits per heavy atom. The maximum atomic E-state index is 12.3. The summed E-state index contributed by atoms with van der Waals surface area (Å²) < 4.78 is 12.3. The Morgan fingerprint density at radius 1 is 1.50 bits per heavy atom. The van der Waals surface area contributed by atoms with Gasteiger partial charge in [0.1, 0.15) is 6.67 Å². The molecular formula is C10H9BrClFO. The normalized spacial score (nSPS) is 10.2. The summed E-state index contributed by atoms with van der Waals surface area (Å²) in [4.78, 5) is 11.5. The zero-order valence-electron chi connectivity index (χ0n) is 7.40. The highest BCUT2D eigenvalue weighted by atomic mass is 79.9. The van der Waals surface area contributed by atoms with Gasteiger partial charge in [0.2, 0.25) is 0 Å². The summed E-state index contributed by atoms with van der Waals surface area (Å²) in [6, 6.07) is 4.64. The standard InChI is InChI=1S/C10H9BrClFO/c11-4-3-10(14)8-5-7(6-13)1-2-9(8)12/h1-2,5H,3-4,6H2. The minimum absolute atomic E-state index is 0.0674. The molecule has 0 bridgehead atoms. The van der Waals surface area contributed by atoms with Gasteiger partial charge in [-0.1, -0.05) is 33.6 Å². The Labute approximate surface area is 95.4 Å². The maximum absolute atomic E-state index is 12.3. The Bertz CT molecular complexity index is 341. The van der Waals surface area contributed by atoms with Crippen molar-refractivity contribution < 1.29 is 9.18 Å². The molecule has 0 aliphatic carbocycles. The second-order valence-corrected chi connectivity index (χ2v) is 4.01. The minimum atomic E-state index is -0.578. The van der Waals surface area contributed by atoms with Crippen LogP contribution in [0.15, 0.2) is 18.2 Å². The number of Topliss-reactive ketones (excluding diaryl/α,β-unsaturated/α-hetero) is 1. The molecule has 0 aromatic heterocycles. The fourth-order valence-electron chi connectivity index (χ4n) is 1.09. The van der Waals surface area contributed by atoms with Crippen molar-refractivity contribution in [3.8, 4) is 0 Å². The van der Waals surface area contributed by atoms with E-state index < -0.39 is 6.67 Å². The van der Waals surface area contributed by atoms with E-state index in [-0.39, 0.29) is 5.78 Å². The smallest absolute Gasteiger partial charge is 0.165 e. The largest absolute Gasteiger partial charge is 0.294 e. The Hall–Kier alpha value is -0.410. The van der Waals surface area contributed by atoms with Crippen LogP contribution in [0.4, 0.5) is 4.39 Å². The molecule has 0 aliphatic heterocycles. The van der Waals surface area contributed by atoms with Gasteiger partial charge in [0, 0.05) is 17.3 Å². The fourth-order valence-corrected chi connectivity index (χ4v) is 1.67. The van der Waals surface area contributed by atoms with Gasteiger partial charge in [-0.05, 0) is 17.7 Å². The molecule has 0 atom stereocenters. The van der Waals surface area contributed by atoms with Crippen molar-refractivity contribution in [2.75, 3.05) is 5.33 Å². The van der Waals surface area contributed by atoms with E-state index in [4.69, 9.17) is 11.6 Å². The first-order valence-corrected chi connectivity index (χ1v) is 5.62. The minimum Gasteiger partial charge on any atom is -0.294 e. The van der Waals surface area contributed by atoms with Gasteiger partial charge in [-0.2, -0.15) is 0 Å². The Kier molecular flexibility index (Phi) is 4.55. The van der Waals surface area contributed by atoms with Gasteiger partial charge >= 0.3 is 0 Å². The molecule has 1 aromatic rings. The van der Waals surface area contributed by atoms with Gasteiger partial charge < -0.3 is 0 Å². The topological polar surface area (TPSA) is 17.1 Å². The van der Waals surface area contributed by atoms with Crippen molar-refractivity contribution in [2.45, 2.75) is 13.1 Å². The van der Waals surface area contributed by atoms with Crippen LogP contribution in [-0.2, 0) is 6.67 Å². The summed E-state index contributed by atoms with van der Waals surface area (Å²) in [5.74, 6) is -0.0674. The molecule has 1 nitrogen and oxygen atoms in total. The molecule has 0 unspecified atom stereocenters. The van der Waals surface area contributed by atoms with Crippen molar-refractivity contribution >= 4 is 33.3 Å². The highest BCUT2D eigenvalue weighted by molar-refractivity contribution is 9.09. The predicted molar refractivity (Wildman–Crippen MR) is 59.0 cm³/mol. The van der Waals surface area contributed by atoms with E-state index in [1.54, 1.807) is 12.1 Å². The van der Waals surface area contributed by atoms with E-state index in [1.807, 2.05) is 0 Å². The summed E-state index contributed by atoms with van der Waals surface area (Å²) in [6.07, 6.45) is 0.370. The molecule has 0 spiro atoms. The van der Waals surface area contributed by atoms with E-state index in [0.29, 0.717) is 27.9 Å². The molecule has 76 valence electrons. The van der Waals surface area contributed by atoms with Crippen LogP contribution in [0, 0.1) is 0 Å². The third-order valence-electron chi connectivity index (χ3n) is 1.81.